The van der Waals surface area contributed by atoms with Crippen molar-refractivity contribution in [3.63, 3.8) is 0 Å². The molecule has 2 amide bonds. The molecule has 11 nitrogen and oxygen atoms in total. The van der Waals surface area contributed by atoms with Gasteiger partial charge >= 0.3 is 11.9 Å². The topological polar surface area (TPSA) is 167 Å². The number of carboxylic acid groups (broad SMARTS) is 2. The van der Waals surface area contributed by atoms with Crippen LogP contribution >= 0.6 is 34.9 Å². The molecular weight excluding hydrogens is 468 g/mol. The average Bonchev–Trinajstić information content (AvgIpc) is 3.14. The van der Waals surface area contributed by atoms with E-state index < -0.39 is 47.0 Å². The van der Waals surface area contributed by atoms with Crippen molar-refractivity contribution >= 4 is 64.4 Å². The maximum absolute atomic E-state index is 12.6. The molecule has 0 saturated carbocycles. The Morgan fingerprint density at radius 1 is 1.23 bits per heavy atom. The highest BCUT2D eigenvalue weighted by molar-refractivity contribution is 8.01. The predicted molar refractivity (Wildman–Crippen MR) is 112 cm³/mol. The quantitative estimate of drug-likeness (QED) is 0.234. The number of aryl methyl sites for hydroxylation is 1. The average molecular weight is 489 g/mol. The number of carbonyl (C=O) groups excluding carboxylic acids is 3. The molecule has 0 spiro atoms. The molecular formula is C17H20N4O7S3. The van der Waals surface area contributed by atoms with Crippen molar-refractivity contribution in [2.24, 2.45) is 5.92 Å². The fourth-order valence-electron chi connectivity index (χ4n) is 3.37. The lowest BCUT2D eigenvalue weighted by atomic mass is 9.94. The normalized spacial score (nSPS) is 24.8. The largest absolute Gasteiger partial charge is 0.480 e. The van der Waals surface area contributed by atoms with Crippen molar-refractivity contribution in [2.45, 2.75) is 48.0 Å². The van der Waals surface area contributed by atoms with E-state index in [1.54, 1.807) is 0 Å². The molecule has 3 N–H and O–H groups in total. The first-order valence-electron chi connectivity index (χ1n) is 9.34. The summed E-state index contributed by atoms with van der Waals surface area (Å²) in [6, 6.07) is -1.81. The number of aliphatic carboxylic acids is 2. The van der Waals surface area contributed by atoms with Crippen LogP contribution in [0.15, 0.2) is 4.34 Å². The monoisotopic (exact) mass is 488 g/mol. The van der Waals surface area contributed by atoms with Crippen molar-refractivity contribution in [3.05, 3.63) is 5.01 Å². The molecule has 31 heavy (non-hydrogen) atoms. The molecule has 0 aliphatic carbocycles. The fraction of sp³-hybridized carbons (Fsp3) is 0.588. The molecule has 2 fully saturated rings. The number of nitrogens with zero attached hydrogens (tertiary/aromatic N) is 3. The Balaban J connectivity index is 1.54. The van der Waals surface area contributed by atoms with Gasteiger partial charge in [0.25, 0.3) is 0 Å². The van der Waals surface area contributed by atoms with E-state index in [9.17, 15) is 29.1 Å². The summed E-state index contributed by atoms with van der Waals surface area (Å²) in [6.07, 6.45) is -0.301. The molecule has 1 aromatic rings. The summed E-state index contributed by atoms with van der Waals surface area (Å²) in [7, 11) is 0. The molecule has 2 unspecified atom stereocenters. The fourth-order valence-corrected chi connectivity index (χ4v) is 7.01. The van der Waals surface area contributed by atoms with E-state index in [1.807, 2.05) is 6.92 Å². The molecule has 0 bridgehead atoms. The third kappa shape index (κ3) is 5.36. The first-order chi connectivity index (χ1) is 14.7. The van der Waals surface area contributed by atoms with Crippen LogP contribution in [0.5, 0.6) is 0 Å². The van der Waals surface area contributed by atoms with Crippen LogP contribution in [0.25, 0.3) is 0 Å². The minimum atomic E-state index is -1.54. The number of ketones is 1. The molecule has 3 rings (SSSR count). The Morgan fingerprint density at radius 3 is 2.58 bits per heavy atom. The summed E-state index contributed by atoms with van der Waals surface area (Å²) in [5, 5.41) is 29.1. The predicted octanol–water partition coefficient (Wildman–Crippen LogP) is 0.232. The van der Waals surface area contributed by atoms with Crippen molar-refractivity contribution in [1.29, 1.82) is 0 Å². The molecule has 2 saturated heterocycles. The number of nitrogens with one attached hydrogen (secondary N) is 1. The molecule has 1 aromatic heterocycles. The SMILES string of the molecule is Cc1nnc(SCC2CS[C@@H]3[C@H](NC(=O)CCCC(=O)C(=O)O)C(=O)N3C2C(=O)O)s1. The zero-order chi connectivity index (χ0) is 22.7. The van der Waals surface area contributed by atoms with Gasteiger partial charge in [0, 0.05) is 30.3 Å². The molecule has 0 radical (unpaired) electrons. The first-order valence-corrected chi connectivity index (χ1v) is 12.2. The van der Waals surface area contributed by atoms with E-state index in [0.29, 0.717) is 11.5 Å². The Morgan fingerprint density at radius 2 is 1.97 bits per heavy atom. The molecule has 0 aromatic carbocycles. The minimum absolute atomic E-state index is 0.0571. The van der Waals surface area contributed by atoms with Gasteiger partial charge in [-0.3, -0.25) is 14.4 Å². The zero-order valence-corrected chi connectivity index (χ0v) is 18.8. The standard InChI is InChI=1S/C17H20N4O7S3/c1-7-19-20-17(31-7)30-6-8-5-29-14-11(13(24)21(14)12(8)16(27)28)18-10(23)4-2-3-9(22)15(25)26/h8,11-12,14H,2-6H2,1H3,(H,18,23)(H,25,26)(H,27,28)/t8?,11-,12?,14-/m1/s1. The summed E-state index contributed by atoms with van der Waals surface area (Å²) < 4.78 is 0.746. The summed E-state index contributed by atoms with van der Waals surface area (Å²) in [5.74, 6) is -3.84. The molecule has 14 heteroatoms. The number of fused-ring (bicyclic) bond motifs is 1. The Bertz CT molecular complexity index is 908. The van der Waals surface area contributed by atoms with E-state index in [4.69, 9.17) is 5.11 Å². The number of rotatable bonds is 10. The third-order valence-corrected chi connectivity index (χ3v) is 8.47. The van der Waals surface area contributed by atoms with Crippen LogP contribution in [0.1, 0.15) is 24.3 Å². The maximum Gasteiger partial charge on any atom is 0.372 e. The zero-order valence-electron chi connectivity index (χ0n) is 16.3. The summed E-state index contributed by atoms with van der Waals surface area (Å²) >= 11 is 4.26. The number of thioether (sulfide) groups is 2. The number of β-lactam (4-membered cyclic amide) rings is 1. The van der Waals surface area contributed by atoms with Gasteiger partial charge in [0.2, 0.25) is 17.6 Å². The van der Waals surface area contributed by atoms with Crippen LogP contribution in [-0.2, 0) is 24.0 Å². The Kier molecular flexibility index (Phi) is 7.54. The minimum Gasteiger partial charge on any atom is -0.480 e. The summed E-state index contributed by atoms with van der Waals surface area (Å²) in [5.41, 5.74) is 0. The van der Waals surface area contributed by atoms with Crippen molar-refractivity contribution < 1.29 is 34.2 Å². The number of carboxylic acids is 2. The van der Waals surface area contributed by atoms with E-state index in [2.05, 4.69) is 15.5 Å². The number of hydrogen-bond donors (Lipinski definition) is 3. The number of amides is 2. The van der Waals surface area contributed by atoms with Crippen LogP contribution in [0.2, 0.25) is 0 Å². The van der Waals surface area contributed by atoms with Gasteiger partial charge in [-0.15, -0.1) is 22.0 Å². The van der Waals surface area contributed by atoms with Gasteiger partial charge in [-0.1, -0.05) is 23.1 Å². The first kappa shape index (κ1) is 23.5. The number of aromatic nitrogens is 2. The second kappa shape index (κ2) is 9.96. The van der Waals surface area contributed by atoms with Crippen LogP contribution < -0.4 is 5.32 Å². The van der Waals surface area contributed by atoms with Crippen molar-refractivity contribution in [1.82, 2.24) is 20.4 Å². The number of carbonyl (C=O) groups is 5. The highest BCUT2D eigenvalue weighted by atomic mass is 32.2. The van der Waals surface area contributed by atoms with E-state index >= 15 is 0 Å². The van der Waals surface area contributed by atoms with Crippen LogP contribution in [-0.4, -0.2) is 83.8 Å². The highest BCUT2D eigenvalue weighted by Crippen LogP contribution is 2.42. The lowest BCUT2D eigenvalue weighted by Gasteiger charge is -2.54. The highest BCUT2D eigenvalue weighted by Gasteiger charge is 2.57. The molecule has 2 aliphatic heterocycles. The van der Waals surface area contributed by atoms with Crippen LogP contribution in [0.4, 0.5) is 0 Å². The van der Waals surface area contributed by atoms with Crippen LogP contribution in [0.3, 0.4) is 0 Å². The summed E-state index contributed by atoms with van der Waals surface area (Å²) in [6.45, 7) is 1.83. The molecule has 2 aliphatic rings. The molecule has 3 heterocycles. The van der Waals surface area contributed by atoms with Gasteiger partial charge in [0.15, 0.2) is 4.34 Å². The van der Waals surface area contributed by atoms with Gasteiger partial charge in [0.1, 0.15) is 22.5 Å². The van der Waals surface area contributed by atoms with Gasteiger partial charge in [-0.2, -0.15) is 0 Å². The van der Waals surface area contributed by atoms with Crippen molar-refractivity contribution in [2.75, 3.05) is 11.5 Å². The van der Waals surface area contributed by atoms with E-state index in [0.717, 1.165) is 9.35 Å². The smallest absolute Gasteiger partial charge is 0.372 e. The van der Waals surface area contributed by atoms with Gasteiger partial charge in [-0.05, 0) is 13.3 Å². The van der Waals surface area contributed by atoms with Gasteiger partial charge in [-0.25, -0.2) is 9.59 Å². The lowest BCUT2D eigenvalue weighted by Crippen LogP contribution is -2.76. The van der Waals surface area contributed by atoms with Gasteiger partial charge in [0.05, 0.1) is 0 Å². The molecule has 168 valence electrons. The van der Waals surface area contributed by atoms with Crippen molar-refractivity contribution in [3.8, 4) is 0 Å². The molecule has 4 atom stereocenters. The Hall–Kier alpha value is -2.19. The Labute approximate surface area is 189 Å². The second-order valence-corrected chi connectivity index (χ2v) is 10.6. The third-order valence-electron chi connectivity index (χ3n) is 4.85. The van der Waals surface area contributed by atoms with E-state index in [1.165, 1.54) is 39.8 Å². The van der Waals surface area contributed by atoms with Crippen LogP contribution in [0, 0.1) is 12.8 Å². The van der Waals surface area contributed by atoms with E-state index in [-0.39, 0.29) is 25.2 Å². The number of Topliss-reactive ketones (excluding diaryl/α,β-unsaturated/α-hetero) is 1. The summed E-state index contributed by atoms with van der Waals surface area (Å²) in [4.78, 5) is 59.5. The van der Waals surface area contributed by atoms with Gasteiger partial charge < -0.3 is 20.4 Å². The lowest BCUT2D eigenvalue weighted by molar-refractivity contribution is -0.164. The maximum atomic E-state index is 12.6. The second-order valence-electron chi connectivity index (χ2n) is 7.04. The number of hydrogen-bond acceptors (Lipinski definition) is 10.